The molecule has 2 bridgehead atoms. The largest absolute Gasteiger partial charge is 0.492 e. The normalized spacial score (nSPS) is 31.2. The van der Waals surface area contributed by atoms with Gasteiger partial charge in [0.15, 0.2) is 0 Å². The van der Waals surface area contributed by atoms with E-state index < -0.39 is 5.41 Å². The van der Waals surface area contributed by atoms with Gasteiger partial charge in [-0.25, -0.2) is 0 Å². The Morgan fingerprint density at radius 2 is 1.91 bits per heavy atom. The monoisotopic (exact) mass is 315 g/mol. The molecule has 1 aromatic carbocycles. The van der Waals surface area contributed by atoms with Crippen LogP contribution in [-0.2, 0) is 9.59 Å². The van der Waals surface area contributed by atoms with Crippen molar-refractivity contribution in [2.45, 2.75) is 47.0 Å². The molecule has 0 aliphatic heterocycles. The molecule has 124 valence electrons. The number of hydrogen-bond donors (Lipinski definition) is 1. The zero-order valence-electron chi connectivity index (χ0n) is 14.4. The van der Waals surface area contributed by atoms with Crippen LogP contribution >= 0.6 is 0 Å². The highest BCUT2D eigenvalue weighted by Crippen LogP contribution is 2.70. The maximum atomic E-state index is 13.1. The van der Waals surface area contributed by atoms with Gasteiger partial charge in [-0.3, -0.25) is 9.59 Å². The fourth-order valence-electron chi connectivity index (χ4n) is 4.45. The number of amides is 1. The highest BCUT2D eigenvalue weighted by atomic mass is 16.5. The Kier molecular flexibility index (Phi) is 3.54. The van der Waals surface area contributed by atoms with Crippen molar-refractivity contribution in [3.05, 3.63) is 24.3 Å². The molecule has 23 heavy (non-hydrogen) atoms. The van der Waals surface area contributed by atoms with E-state index in [2.05, 4.69) is 19.2 Å². The number of benzene rings is 1. The lowest BCUT2D eigenvalue weighted by molar-refractivity contribution is -0.131. The Bertz CT molecular complexity index is 666. The number of fused-ring (bicyclic) bond motifs is 2. The van der Waals surface area contributed by atoms with Crippen LogP contribution in [0.25, 0.3) is 0 Å². The maximum absolute atomic E-state index is 13.1. The van der Waals surface area contributed by atoms with E-state index in [-0.39, 0.29) is 22.5 Å². The van der Waals surface area contributed by atoms with Crippen molar-refractivity contribution in [3.63, 3.8) is 0 Å². The highest BCUT2D eigenvalue weighted by Gasteiger charge is 2.72. The molecule has 0 aromatic heterocycles. The minimum Gasteiger partial charge on any atom is -0.492 e. The van der Waals surface area contributed by atoms with Gasteiger partial charge in [0, 0.05) is 11.8 Å². The van der Waals surface area contributed by atoms with Crippen molar-refractivity contribution in [3.8, 4) is 5.75 Å². The van der Waals surface area contributed by atoms with Crippen molar-refractivity contribution >= 4 is 17.4 Å². The summed E-state index contributed by atoms with van der Waals surface area (Å²) < 4.78 is 5.59. The second-order valence-electron chi connectivity index (χ2n) is 7.52. The molecule has 2 aliphatic rings. The fraction of sp³-hybridized carbons (Fsp3) is 0.579. The van der Waals surface area contributed by atoms with Crippen LogP contribution in [0.3, 0.4) is 0 Å². The summed E-state index contributed by atoms with van der Waals surface area (Å²) in [5, 5.41) is 3.03. The Labute approximate surface area is 137 Å². The summed E-state index contributed by atoms with van der Waals surface area (Å²) in [4.78, 5) is 25.6. The second-order valence-corrected chi connectivity index (χ2v) is 7.52. The number of carbonyl (C=O) groups is 2. The van der Waals surface area contributed by atoms with Crippen molar-refractivity contribution in [1.29, 1.82) is 0 Å². The third kappa shape index (κ3) is 1.97. The molecule has 1 aromatic rings. The summed E-state index contributed by atoms with van der Waals surface area (Å²) in [5.74, 6) is 0.842. The van der Waals surface area contributed by atoms with E-state index >= 15 is 0 Å². The molecule has 2 aliphatic carbocycles. The van der Waals surface area contributed by atoms with Crippen LogP contribution in [0.15, 0.2) is 24.3 Å². The van der Waals surface area contributed by atoms with E-state index in [1.54, 1.807) is 0 Å². The Hall–Kier alpha value is -1.84. The summed E-state index contributed by atoms with van der Waals surface area (Å²) in [6, 6.07) is 7.45. The van der Waals surface area contributed by atoms with Crippen LogP contribution in [0.1, 0.15) is 47.0 Å². The average Bonchev–Trinajstić information content (AvgIpc) is 2.80. The molecule has 0 spiro atoms. The highest BCUT2D eigenvalue weighted by molar-refractivity contribution is 6.05. The SMILES string of the molecule is CCOc1ccccc1NC(=O)[C@@]12CC[C@@](C)(C(=O)C1)C2(C)C. The number of anilines is 1. The molecular formula is C19H25NO3. The average molecular weight is 315 g/mol. The van der Waals surface area contributed by atoms with E-state index in [9.17, 15) is 9.59 Å². The quantitative estimate of drug-likeness (QED) is 0.919. The lowest BCUT2D eigenvalue weighted by atomic mass is 9.64. The smallest absolute Gasteiger partial charge is 0.231 e. The number of carbonyl (C=O) groups excluding carboxylic acids is 2. The molecule has 1 N–H and O–H groups in total. The molecule has 2 saturated carbocycles. The van der Waals surface area contributed by atoms with E-state index in [0.717, 1.165) is 12.8 Å². The van der Waals surface area contributed by atoms with E-state index in [1.807, 2.05) is 38.1 Å². The number of Topliss-reactive ketones (excluding diaryl/α,β-unsaturated/α-hetero) is 1. The summed E-state index contributed by atoms with van der Waals surface area (Å²) in [6.07, 6.45) is 1.91. The van der Waals surface area contributed by atoms with Gasteiger partial charge in [-0.05, 0) is 37.3 Å². The van der Waals surface area contributed by atoms with Gasteiger partial charge in [0.05, 0.1) is 17.7 Å². The van der Waals surface area contributed by atoms with Crippen LogP contribution < -0.4 is 10.1 Å². The lowest BCUT2D eigenvalue weighted by Crippen LogP contribution is -2.43. The first-order valence-corrected chi connectivity index (χ1v) is 8.35. The Morgan fingerprint density at radius 3 is 2.48 bits per heavy atom. The van der Waals surface area contributed by atoms with Gasteiger partial charge in [0.1, 0.15) is 11.5 Å². The molecule has 1 amide bonds. The van der Waals surface area contributed by atoms with Crippen molar-refractivity contribution in [2.24, 2.45) is 16.2 Å². The molecule has 0 unspecified atom stereocenters. The van der Waals surface area contributed by atoms with Crippen molar-refractivity contribution in [1.82, 2.24) is 0 Å². The van der Waals surface area contributed by atoms with Gasteiger partial charge in [-0.1, -0.05) is 32.9 Å². The Balaban J connectivity index is 1.92. The molecule has 4 nitrogen and oxygen atoms in total. The number of ketones is 1. The van der Waals surface area contributed by atoms with Crippen molar-refractivity contribution < 1.29 is 14.3 Å². The molecule has 4 heteroatoms. The van der Waals surface area contributed by atoms with E-state index in [4.69, 9.17) is 4.74 Å². The number of ether oxygens (including phenoxy) is 1. The summed E-state index contributed by atoms with van der Waals surface area (Å²) in [6.45, 7) is 8.61. The summed E-state index contributed by atoms with van der Waals surface area (Å²) >= 11 is 0. The maximum Gasteiger partial charge on any atom is 0.231 e. The predicted molar refractivity (Wildman–Crippen MR) is 89.4 cm³/mol. The molecule has 2 atom stereocenters. The molecule has 3 rings (SSSR count). The number of para-hydroxylation sites is 2. The van der Waals surface area contributed by atoms with Gasteiger partial charge in [0.2, 0.25) is 5.91 Å². The van der Waals surface area contributed by atoms with Gasteiger partial charge in [-0.15, -0.1) is 0 Å². The van der Waals surface area contributed by atoms with Crippen LogP contribution in [0, 0.1) is 16.2 Å². The standard InChI is InChI=1S/C19H25NO3/c1-5-23-14-9-7-6-8-13(14)20-16(22)19-11-10-18(4,15(21)12-19)17(19,2)3/h6-9H,5,10-12H2,1-4H3,(H,20,22)/t18-,19+/m0/s1. The first kappa shape index (κ1) is 16.0. The fourth-order valence-corrected chi connectivity index (χ4v) is 4.45. The van der Waals surface area contributed by atoms with Crippen LogP contribution in [0.4, 0.5) is 5.69 Å². The summed E-state index contributed by atoms with van der Waals surface area (Å²) in [5.41, 5.74) is -0.651. The van der Waals surface area contributed by atoms with Crippen LogP contribution in [0.2, 0.25) is 0 Å². The van der Waals surface area contributed by atoms with Crippen LogP contribution in [-0.4, -0.2) is 18.3 Å². The Morgan fingerprint density at radius 1 is 1.22 bits per heavy atom. The third-order valence-electron chi connectivity index (χ3n) is 6.58. The van der Waals surface area contributed by atoms with E-state index in [0.29, 0.717) is 24.5 Å². The van der Waals surface area contributed by atoms with Gasteiger partial charge < -0.3 is 10.1 Å². The van der Waals surface area contributed by atoms with Gasteiger partial charge in [0.25, 0.3) is 0 Å². The second kappa shape index (κ2) is 5.08. The molecular weight excluding hydrogens is 290 g/mol. The lowest BCUT2D eigenvalue weighted by Gasteiger charge is -2.38. The molecule has 0 heterocycles. The van der Waals surface area contributed by atoms with Gasteiger partial charge >= 0.3 is 0 Å². The van der Waals surface area contributed by atoms with E-state index in [1.165, 1.54) is 0 Å². The zero-order valence-corrected chi connectivity index (χ0v) is 14.4. The topological polar surface area (TPSA) is 55.4 Å². The number of hydrogen-bond acceptors (Lipinski definition) is 3. The van der Waals surface area contributed by atoms with Crippen molar-refractivity contribution in [2.75, 3.05) is 11.9 Å². The summed E-state index contributed by atoms with van der Waals surface area (Å²) in [7, 11) is 0. The molecule has 0 saturated heterocycles. The predicted octanol–water partition coefficient (Wildman–Crippen LogP) is 3.81. The first-order chi connectivity index (χ1) is 10.8. The number of nitrogens with one attached hydrogen (secondary N) is 1. The minimum atomic E-state index is -0.613. The first-order valence-electron chi connectivity index (χ1n) is 8.35. The molecule has 2 fully saturated rings. The molecule has 0 radical (unpaired) electrons. The van der Waals surface area contributed by atoms with Crippen LogP contribution in [0.5, 0.6) is 5.75 Å². The third-order valence-corrected chi connectivity index (χ3v) is 6.58. The van der Waals surface area contributed by atoms with Gasteiger partial charge in [-0.2, -0.15) is 0 Å². The number of rotatable bonds is 4. The minimum absolute atomic E-state index is 0.0516. The zero-order chi connectivity index (χ0) is 16.9.